The van der Waals surface area contributed by atoms with Gasteiger partial charge in [-0.05, 0) is 26.8 Å². The van der Waals surface area contributed by atoms with Gasteiger partial charge in [-0.15, -0.1) is 0 Å². The van der Waals surface area contributed by atoms with Crippen LogP contribution in [0, 0.1) is 13.8 Å². The van der Waals surface area contributed by atoms with E-state index >= 15 is 0 Å². The molecule has 19 heavy (non-hydrogen) atoms. The number of rotatable bonds is 4. The number of nitrogens with zero attached hydrogens (tertiary/aromatic N) is 2. The summed E-state index contributed by atoms with van der Waals surface area (Å²) in [5.41, 5.74) is 3.74. The fourth-order valence-corrected chi connectivity index (χ4v) is 2.15. The molecule has 2 rings (SSSR count). The molecule has 0 atom stereocenters. The van der Waals surface area contributed by atoms with Crippen molar-refractivity contribution >= 4 is 5.78 Å². The Kier molecular flexibility index (Phi) is 3.69. The number of pyridine rings is 1. The lowest BCUT2D eigenvalue weighted by molar-refractivity contribution is 0.101. The molecule has 0 aliphatic heterocycles. The van der Waals surface area contributed by atoms with Gasteiger partial charge in [0.15, 0.2) is 5.78 Å². The maximum Gasteiger partial charge on any atom is 0.161 e. The number of hydrogen-bond donors (Lipinski definition) is 0. The molecule has 0 radical (unpaired) electrons. The second-order valence-electron chi connectivity index (χ2n) is 4.67. The van der Waals surface area contributed by atoms with Crippen LogP contribution in [0.5, 0.6) is 5.75 Å². The van der Waals surface area contributed by atoms with Gasteiger partial charge in [-0.3, -0.25) is 9.78 Å². The first kappa shape index (κ1) is 13.3. The van der Waals surface area contributed by atoms with Crippen molar-refractivity contribution in [2.24, 2.45) is 0 Å². The predicted octanol–water partition coefficient (Wildman–Crippen LogP) is 2.76. The van der Waals surface area contributed by atoms with Crippen LogP contribution in [0.25, 0.3) is 0 Å². The summed E-state index contributed by atoms with van der Waals surface area (Å²) in [5.74, 6) is 0.953. The van der Waals surface area contributed by atoms with Gasteiger partial charge in [-0.1, -0.05) is 0 Å². The highest BCUT2D eigenvalue weighted by Crippen LogP contribution is 2.24. The fourth-order valence-electron chi connectivity index (χ4n) is 2.15. The number of ether oxygens (including phenoxy) is 1. The summed E-state index contributed by atoms with van der Waals surface area (Å²) in [7, 11) is 1.67. The largest absolute Gasteiger partial charge is 0.496 e. The van der Waals surface area contributed by atoms with Crippen LogP contribution in [0.2, 0.25) is 0 Å². The van der Waals surface area contributed by atoms with Crippen molar-refractivity contribution < 1.29 is 9.53 Å². The number of hydrogen-bond acceptors (Lipinski definition) is 3. The lowest BCUT2D eigenvalue weighted by atomic mass is 10.1. The molecule has 4 heteroatoms. The van der Waals surface area contributed by atoms with Crippen molar-refractivity contribution in [1.82, 2.24) is 9.55 Å². The Morgan fingerprint density at radius 1 is 1.42 bits per heavy atom. The fraction of sp³-hybridized carbons (Fsp3) is 0.333. The van der Waals surface area contributed by atoms with Gasteiger partial charge in [0, 0.05) is 35.3 Å². The number of carbonyl (C=O) groups excluding carboxylic acids is 1. The van der Waals surface area contributed by atoms with Crippen LogP contribution >= 0.6 is 0 Å². The Morgan fingerprint density at radius 2 is 2.16 bits per heavy atom. The van der Waals surface area contributed by atoms with E-state index in [-0.39, 0.29) is 5.78 Å². The third kappa shape index (κ3) is 2.67. The Balaban J connectivity index is 2.30. The maximum absolute atomic E-state index is 11.3. The average Bonchev–Trinajstić information content (AvgIpc) is 2.82. The van der Waals surface area contributed by atoms with Crippen molar-refractivity contribution in [3.05, 3.63) is 47.0 Å². The van der Waals surface area contributed by atoms with E-state index in [4.69, 9.17) is 4.74 Å². The number of methoxy groups -OCH3 is 1. The second-order valence-corrected chi connectivity index (χ2v) is 4.67. The molecule has 0 N–H and O–H groups in total. The average molecular weight is 258 g/mol. The number of ketones is 1. The zero-order chi connectivity index (χ0) is 14.0. The molecule has 0 fully saturated rings. The first-order chi connectivity index (χ1) is 9.02. The van der Waals surface area contributed by atoms with Gasteiger partial charge in [0.2, 0.25) is 0 Å². The number of aryl methyl sites for hydroxylation is 1. The number of carbonyl (C=O) groups is 1. The lowest BCUT2D eigenvalue weighted by Crippen LogP contribution is -2.04. The van der Waals surface area contributed by atoms with Gasteiger partial charge in [-0.2, -0.15) is 0 Å². The summed E-state index contributed by atoms with van der Waals surface area (Å²) >= 11 is 0. The molecule has 2 aromatic heterocycles. The third-order valence-electron chi connectivity index (χ3n) is 3.24. The first-order valence-corrected chi connectivity index (χ1v) is 6.18. The molecule has 0 aliphatic carbocycles. The molecule has 0 saturated heterocycles. The molecule has 0 bridgehead atoms. The highest BCUT2D eigenvalue weighted by molar-refractivity contribution is 5.93. The standard InChI is InChI=1S/C15H18N2O2/c1-10-7-16-14(11(2)15(10)19-4)9-17-6-5-13(8-17)12(3)18/h5-8H,9H2,1-4H3. The predicted molar refractivity (Wildman–Crippen MR) is 73.8 cm³/mol. The van der Waals surface area contributed by atoms with Crippen molar-refractivity contribution in [1.29, 1.82) is 0 Å². The molecule has 0 aliphatic rings. The van der Waals surface area contributed by atoms with Gasteiger partial charge in [0.05, 0.1) is 19.3 Å². The minimum atomic E-state index is 0.0740. The van der Waals surface area contributed by atoms with E-state index in [9.17, 15) is 4.79 Å². The van der Waals surface area contributed by atoms with Crippen LogP contribution in [0.3, 0.4) is 0 Å². The number of Topliss-reactive ketones (excluding diaryl/α,β-unsaturated/α-hetero) is 1. The van der Waals surface area contributed by atoms with Gasteiger partial charge in [0.1, 0.15) is 5.75 Å². The monoisotopic (exact) mass is 258 g/mol. The molecular formula is C15H18N2O2. The molecule has 0 unspecified atom stereocenters. The van der Waals surface area contributed by atoms with Gasteiger partial charge >= 0.3 is 0 Å². The Labute approximate surface area is 113 Å². The lowest BCUT2D eigenvalue weighted by Gasteiger charge is -2.12. The number of aromatic nitrogens is 2. The normalized spacial score (nSPS) is 10.5. The van der Waals surface area contributed by atoms with E-state index < -0.39 is 0 Å². The molecule has 4 nitrogen and oxygen atoms in total. The quantitative estimate of drug-likeness (QED) is 0.792. The Bertz CT molecular complexity index is 615. The maximum atomic E-state index is 11.3. The smallest absolute Gasteiger partial charge is 0.161 e. The van der Waals surface area contributed by atoms with Crippen LogP contribution in [0.15, 0.2) is 24.7 Å². The van der Waals surface area contributed by atoms with Crippen LogP contribution in [-0.2, 0) is 6.54 Å². The second kappa shape index (κ2) is 5.26. The summed E-state index contributed by atoms with van der Waals surface area (Å²) in [5, 5.41) is 0. The van der Waals surface area contributed by atoms with E-state index in [0.29, 0.717) is 6.54 Å². The summed E-state index contributed by atoms with van der Waals surface area (Å²) in [6, 6.07) is 1.82. The van der Waals surface area contributed by atoms with E-state index in [1.807, 2.05) is 43.1 Å². The molecule has 0 spiro atoms. The highest BCUT2D eigenvalue weighted by atomic mass is 16.5. The van der Waals surface area contributed by atoms with E-state index in [0.717, 1.165) is 28.1 Å². The topological polar surface area (TPSA) is 44.1 Å². The zero-order valence-corrected chi connectivity index (χ0v) is 11.7. The van der Waals surface area contributed by atoms with Crippen molar-refractivity contribution in [3.63, 3.8) is 0 Å². The minimum Gasteiger partial charge on any atom is -0.496 e. The summed E-state index contributed by atoms with van der Waals surface area (Å²) in [4.78, 5) is 15.7. The third-order valence-corrected chi connectivity index (χ3v) is 3.24. The summed E-state index contributed by atoms with van der Waals surface area (Å²) in [6.45, 7) is 6.18. The van der Waals surface area contributed by atoms with Gasteiger partial charge in [0.25, 0.3) is 0 Å². The van der Waals surface area contributed by atoms with E-state index in [1.165, 1.54) is 0 Å². The van der Waals surface area contributed by atoms with E-state index in [1.54, 1.807) is 14.0 Å². The molecule has 2 aromatic rings. The molecule has 100 valence electrons. The molecule has 0 amide bonds. The SMILES string of the molecule is COc1c(C)cnc(Cn2ccc(C(C)=O)c2)c1C. The van der Waals surface area contributed by atoms with Crippen molar-refractivity contribution in [2.75, 3.05) is 7.11 Å². The first-order valence-electron chi connectivity index (χ1n) is 6.18. The molecule has 0 aromatic carbocycles. The zero-order valence-electron chi connectivity index (χ0n) is 11.7. The molecule has 0 saturated carbocycles. The van der Waals surface area contributed by atoms with Crippen molar-refractivity contribution in [2.45, 2.75) is 27.3 Å². The van der Waals surface area contributed by atoms with Crippen LogP contribution in [-0.4, -0.2) is 22.4 Å². The Morgan fingerprint density at radius 3 is 2.74 bits per heavy atom. The van der Waals surface area contributed by atoms with Crippen molar-refractivity contribution in [3.8, 4) is 5.75 Å². The Hall–Kier alpha value is -2.10. The molecule has 2 heterocycles. The highest BCUT2D eigenvalue weighted by Gasteiger charge is 2.10. The van der Waals surface area contributed by atoms with E-state index in [2.05, 4.69) is 4.98 Å². The van der Waals surface area contributed by atoms with Crippen LogP contribution < -0.4 is 4.74 Å². The van der Waals surface area contributed by atoms with Crippen LogP contribution in [0.1, 0.15) is 34.1 Å². The van der Waals surface area contributed by atoms with Crippen LogP contribution in [0.4, 0.5) is 0 Å². The minimum absolute atomic E-state index is 0.0740. The molecular weight excluding hydrogens is 240 g/mol. The van der Waals surface area contributed by atoms with Gasteiger partial charge < -0.3 is 9.30 Å². The summed E-state index contributed by atoms with van der Waals surface area (Å²) in [6.07, 6.45) is 5.55. The van der Waals surface area contributed by atoms with Gasteiger partial charge in [-0.25, -0.2) is 0 Å². The summed E-state index contributed by atoms with van der Waals surface area (Å²) < 4.78 is 7.35.